The van der Waals surface area contributed by atoms with Gasteiger partial charge in [0.25, 0.3) is 0 Å². The quantitative estimate of drug-likeness (QED) is 0.675. The van der Waals surface area contributed by atoms with Crippen LogP contribution >= 0.6 is 0 Å². The molecule has 1 aliphatic carbocycles. The number of benzene rings is 1. The number of hydrogen-bond donors (Lipinski definition) is 0. The Kier molecular flexibility index (Phi) is 6.02. The predicted molar refractivity (Wildman–Crippen MR) is 122 cm³/mol. The van der Waals surface area contributed by atoms with Gasteiger partial charge in [0.2, 0.25) is 5.91 Å². The van der Waals surface area contributed by atoms with Crippen LogP contribution in [0, 0.1) is 0 Å². The molecule has 0 spiro atoms. The minimum absolute atomic E-state index is 0.0535. The number of carbonyl (C=O) groups is 2. The number of nitrogens with zero attached hydrogens (tertiary/aromatic N) is 5. The third kappa shape index (κ3) is 4.45. The number of hydrogen-bond acceptors (Lipinski definition) is 6. The lowest BCUT2D eigenvalue weighted by Crippen LogP contribution is -2.55. The largest absolute Gasteiger partial charge is 0.339 e. The summed E-state index contributed by atoms with van der Waals surface area (Å²) in [4.78, 5) is 40.5. The van der Waals surface area contributed by atoms with Crippen molar-refractivity contribution in [3.8, 4) is 11.4 Å². The van der Waals surface area contributed by atoms with E-state index in [0.29, 0.717) is 24.5 Å². The van der Waals surface area contributed by atoms with Gasteiger partial charge in [-0.2, -0.15) is 0 Å². The highest BCUT2D eigenvalue weighted by Gasteiger charge is 2.30. The van der Waals surface area contributed by atoms with Gasteiger partial charge in [-0.15, -0.1) is 0 Å². The SMILES string of the molecule is CC(=O)c1ccc(-c2ncc3c(n2)CCN(CC(=O)N2CCN(C4CCC4)CC2)C3)cc1. The fourth-order valence-corrected chi connectivity index (χ4v) is 4.88. The fraction of sp³-hybridized carbons (Fsp3) is 0.520. The van der Waals surface area contributed by atoms with E-state index in [2.05, 4.69) is 14.8 Å². The first kappa shape index (κ1) is 21.2. The van der Waals surface area contributed by atoms with Crippen LogP contribution in [0.5, 0.6) is 0 Å². The summed E-state index contributed by atoms with van der Waals surface area (Å²) in [6.07, 6.45) is 6.73. The van der Waals surface area contributed by atoms with Crippen LogP contribution < -0.4 is 0 Å². The van der Waals surface area contributed by atoms with Crippen molar-refractivity contribution in [3.05, 3.63) is 47.3 Å². The average molecular weight is 434 g/mol. The van der Waals surface area contributed by atoms with Gasteiger partial charge in [-0.25, -0.2) is 9.97 Å². The highest BCUT2D eigenvalue weighted by atomic mass is 16.2. The molecule has 2 fully saturated rings. The fourth-order valence-electron chi connectivity index (χ4n) is 4.88. The predicted octanol–water partition coefficient (Wildman–Crippen LogP) is 2.40. The van der Waals surface area contributed by atoms with E-state index in [1.54, 1.807) is 6.92 Å². The number of ketones is 1. The van der Waals surface area contributed by atoms with Gasteiger partial charge < -0.3 is 4.90 Å². The monoisotopic (exact) mass is 433 g/mol. The zero-order valence-electron chi connectivity index (χ0n) is 18.8. The number of carbonyl (C=O) groups excluding carboxylic acids is 2. The number of fused-ring (bicyclic) bond motifs is 1. The highest BCUT2D eigenvalue weighted by molar-refractivity contribution is 5.94. The van der Waals surface area contributed by atoms with E-state index in [1.807, 2.05) is 35.4 Å². The van der Waals surface area contributed by atoms with Gasteiger partial charge in [0, 0.05) is 74.6 Å². The molecule has 7 nitrogen and oxygen atoms in total. The van der Waals surface area contributed by atoms with E-state index in [1.165, 1.54) is 19.3 Å². The average Bonchev–Trinajstić information content (AvgIpc) is 2.78. The summed E-state index contributed by atoms with van der Waals surface area (Å²) in [6.45, 7) is 7.33. The van der Waals surface area contributed by atoms with E-state index in [9.17, 15) is 9.59 Å². The second-order valence-corrected chi connectivity index (χ2v) is 9.26. The highest BCUT2D eigenvalue weighted by Crippen LogP contribution is 2.26. The van der Waals surface area contributed by atoms with Gasteiger partial charge in [0.15, 0.2) is 11.6 Å². The number of piperazine rings is 1. The lowest BCUT2D eigenvalue weighted by molar-refractivity contribution is -0.135. The summed E-state index contributed by atoms with van der Waals surface area (Å²) < 4.78 is 0. The molecule has 2 aliphatic heterocycles. The van der Waals surface area contributed by atoms with E-state index >= 15 is 0 Å². The van der Waals surface area contributed by atoms with Crippen LogP contribution in [-0.2, 0) is 17.8 Å². The molecule has 1 aromatic heterocycles. The standard InChI is InChI=1S/C25H31N5O2/c1-18(31)19-5-7-20(8-6-19)25-26-15-21-16-28(10-9-23(21)27-25)17-24(32)30-13-11-29(12-14-30)22-3-2-4-22/h5-8,15,22H,2-4,9-14,16-17H2,1H3. The van der Waals surface area contributed by atoms with Gasteiger partial charge in [0.05, 0.1) is 12.2 Å². The first-order chi connectivity index (χ1) is 15.6. The molecule has 7 heteroatoms. The van der Waals surface area contributed by atoms with E-state index in [-0.39, 0.29) is 11.7 Å². The Labute approximate surface area is 189 Å². The molecule has 3 aliphatic rings. The van der Waals surface area contributed by atoms with Crippen molar-refractivity contribution in [2.75, 3.05) is 39.3 Å². The maximum atomic E-state index is 12.9. The molecule has 1 saturated carbocycles. The van der Waals surface area contributed by atoms with Crippen molar-refractivity contribution >= 4 is 11.7 Å². The van der Waals surface area contributed by atoms with E-state index < -0.39 is 0 Å². The number of rotatable bonds is 5. The Bertz CT molecular complexity index is 994. The van der Waals surface area contributed by atoms with Crippen LogP contribution in [0.2, 0.25) is 0 Å². The molecular formula is C25H31N5O2. The summed E-state index contributed by atoms with van der Waals surface area (Å²) in [6, 6.07) is 8.20. The van der Waals surface area contributed by atoms with Crippen LogP contribution in [0.1, 0.15) is 47.8 Å². The number of amides is 1. The lowest BCUT2D eigenvalue weighted by Gasteiger charge is -2.43. The van der Waals surface area contributed by atoms with Crippen molar-refractivity contribution in [1.82, 2.24) is 24.7 Å². The molecule has 0 N–H and O–H groups in total. The summed E-state index contributed by atoms with van der Waals surface area (Å²) in [5, 5.41) is 0. The van der Waals surface area contributed by atoms with Crippen molar-refractivity contribution in [2.45, 2.75) is 45.2 Å². The van der Waals surface area contributed by atoms with Crippen molar-refractivity contribution in [1.29, 1.82) is 0 Å². The van der Waals surface area contributed by atoms with Crippen LogP contribution in [0.15, 0.2) is 30.5 Å². The molecule has 0 radical (unpaired) electrons. The summed E-state index contributed by atoms with van der Waals surface area (Å²) in [5.74, 6) is 0.982. The van der Waals surface area contributed by atoms with E-state index in [4.69, 9.17) is 4.98 Å². The number of aromatic nitrogens is 2. The second kappa shape index (κ2) is 9.08. The van der Waals surface area contributed by atoms with E-state index in [0.717, 1.165) is 62.0 Å². The van der Waals surface area contributed by atoms with Gasteiger partial charge in [0.1, 0.15) is 0 Å². The van der Waals surface area contributed by atoms with Crippen molar-refractivity contribution in [2.24, 2.45) is 0 Å². The Hall–Kier alpha value is -2.64. The van der Waals surface area contributed by atoms with Crippen LogP contribution in [0.4, 0.5) is 0 Å². The maximum absolute atomic E-state index is 12.9. The first-order valence-corrected chi connectivity index (χ1v) is 11.8. The molecule has 3 heterocycles. The topological polar surface area (TPSA) is 69.6 Å². The zero-order chi connectivity index (χ0) is 22.1. The summed E-state index contributed by atoms with van der Waals surface area (Å²) in [7, 11) is 0. The maximum Gasteiger partial charge on any atom is 0.236 e. The van der Waals surface area contributed by atoms with Gasteiger partial charge >= 0.3 is 0 Å². The Balaban J connectivity index is 1.17. The molecule has 0 bridgehead atoms. The van der Waals surface area contributed by atoms with Crippen molar-refractivity contribution in [3.63, 3.8) is 0 Å². The minimum atomic E-state index is 0.0535. The molecule has 168 valence electrons. The normalized spacial score (nSPS) is 20.0. The van der Waals surface area contributed by atoms with Gasteiger partial charge in [-0.05, 0) is 19.8 Å². The molecule has 1 amide bonds. The molecule has 1 saturated heterocycles. The third-order valence-electron chi connectivity index (χ3n) is 7.18. The smallest absolute Gasteiger partial charge is 0.236 e. The first-order valence-electron chi connectivity index (χ1n) is 11.8. The van der Waals surface area contributed by atoms with Crippen LogP contribution in [-0.4, -0.2) is 81.7 Å². The molecule has 0 atom stereocenters. The molecule has 5 rings (SSSR count). The Morgan fingerprint density at radius 3 is 2.44 bits per heavy atom. The summed E-state index contributed by atoms with van der Waals surface area (Å²) in [5.41, 5.74) is 3.76. The molecule has 0 unspecified atom stereocenters. The third-order valence-corrected chi connectivity index (χ3v) is 7.18. The second-order valence-electron chi connectivity index (χ2n) is 9.26. The van der Waals surface area contributed by atoms with Crippen LogP contribution in [0.3, 0.4) is 0 Å². The summed E-state index contributed by atoms with van der Waals surface area (Å²) >= 11 is 0. The van der Waals surface area contributed by atoms with Gasteiger partial charge in [-0.1, -0.05) is 30.7 Å². The Morgan fingerprint density at radius 2 is 1.78 bits per heavy atom. The molecular weight excluding hydrogens is 402 g/mol. The number of Topliss-reactive ketones (excluding diaryl/α,β-unsaturated/α-hetero) is 1. The zero-order valence-corrected chi connectivity index (χ0v) is 18.8. The van der Waals surface area contributed by atoms with Crippen LogP contribution in [0.25, 0.3) is 11.4 Å². The van der Waals surface area contributed by atoms with Crippen molar-refractivity contribution < 1.29 is 9.59 Å². The molecule has 32 heavy (non-hydrogen) atoms. The van der Waals surface area contributed by atoms with Gasteiger partial charge in [-0.3, -0.25) is 19.4 Å². The molecule has 2 aromatic rings. The minimum Gasteiger partial charge on any atom is -0.339 e. The molecule has 1 aromatic carbocycles. The Morgan fingerprint density at radius 1 is 1.03 bits per heavy atom. The lowest BCUT2D eigenvalue weighted by atomic mass is 9.91.